The molecule has 4 aliphatic rings. The number of fused-ring (bicyclic) bond motifs is 2. The molecule has 2 aliphatic heterocycles. The molecule has 1 saturated heterocycles. The number of anilines is 4. The van der Waals surface area contributed by atoms with Gasteiger partial charge in [-0.3, -0.25) is 4.79 Å². The summed E-state index contributed by atoms with van der Waals surface area (Å²) >= 11 is 0. The number of morpholine rings is 1. The molecule has 1 aromatic carbocycles. The molecular weight excluding hydrogens is 454 g/mol. The van der Waals surface area contributed by atoms with Gasteiger partial charge in [0.15, 0.2) is 0 Å². The minimum atomic E-state index is -2.67. The van der Waals surface area contributed by atoms with Crippen LogP contribution in [0.2, 0.25) is 0 Å². The quantitative estimate of drug-likeness (QED) is 0.690. The van der Waals surface area contributed by atoms with Crippen LogP contribution in [0.25, 0.3) is 0 Å². The Morgan fingerprint density at radius 2 is 1.91 bits per heavy atom. The first-order valence-electron chi connectivity index (χ1n) is 12.5. The number of carbonyl (C=O) groups excluding carboxylic acids is 1. The number of aromatic nitrogens is 1. The van der Waals surface area contributed by atoms with Crippen molar-refractivity contribution in [3.05, 3.63) is 42.1 Å². The number of pyridine rings is 1. The number of ether oxygens (including phenoxy) is 2. The van der Waals surface area contributed by atoms with Crippen molar-refractivity contribution in [3.8, 4) is 0 Å². The summed E-state index contributed by atoms with van der Waals surface area (Å²) in [7, 11) is 0. The summed E-state index contributed by atoms with van der Waals surface area (Å²) < 4.78 is 37.6. The summed E-state index contributed by atoms with van der Waals surface area (Å²) in [4.78, 5) is 22.5. The Bertz CT molecular complexity index is 1100. The fourth-order valence-corrected chi connectivity index (χ4v) is 5.36. The molecule has 1 unspecified atom stereocenters. The van der Waals surface area contributed by atoms with Crippen LogP contribution in [0.5, 0.6) is 0 Å². The third-order valence-electron chi connectivity index (χ3n) is 7.54. The van der Waals surface area contributed by atoms with Crippen molar-refractivity contribution >= 4 is 28.8 Å². The van der Waals surface area contributed by atoms with Gasteiger partial charge in [-0.15, -0.1) is 0 Å². The van der Waals surface area contributed by atoms with E-state index in [4.69, 9.17) is 9.47 Å². The molecule has 3 fully saturated rings. The molecule has 9 heteroatoms. The highest BCUT2D eigenvalue weighted by molar-refractivity contribution is 6.00. The van der Waals surface area contributed by atoms with Crippen LogP contribution >= 0.6 is 0 Å². The highest BCUT2D eigenvalue weighted by Crippen LogP contribution is 2.46. The minimum absolute atomic E-state index is 0.0686. The highest BCUT2D eigenvalue weighted by atomic mass is 19.3. The van der Waals surface area contributed by atoms with E-state index < -0.39 is 12.0 Å². The molecule has 6 rings (SSSR count). The van der Waals surface area contributed by atoms with Crippen molar-refractivity contribution in [1.82, 2.24) is 4.98 Å². The molecule has 0 radical (unpaired) electrons. The summed E-state index contributed by atoms with van der Waals surface area (Å²) in [5.74, 6) is -2.01. The van der Waals surface area contributed by atoms with E-state index in [1.807, 2.05) is 23.1 Å². The van der Waals surface area contributed by atoms with Gasteiger partial charge in [0, 0.05) is 42.9 Å². The van der Waals surface area contributed by atoms with Crippen molar-refractivity contribution in [1.29, 1.82) is 0 Å². The van der Waals surface area contributed by atoms with Crippen molar-refractivity contribution in [2.45, 2.75) is 56.8 Å². The van der Waals surface area contributed by atoms with Gasteiger partial charge < -0.3 is 24.6 Å². The van der Waals surface area contributed by atoms with Gasteiger partial charge >= 0.3 is 0 Å². The molecular formula is C26H30F2N4O3. The number of alkyl halides is 2. The molecule has 1 N–H and O–H groups in total. The largest absolute Gasteiger partial charge is 0.378 e. The number of carbonyl (C=O) groups is 1. The molecule has 186 valence electrons. The van der Waals surface area contributed by atoms with E-state index in [1.54, 1.807) is 6.20 Å². The molecule has 2 aromatic rings. The van der Waals surface area contributed by atoms with Crippen molar-refractivity contribution in [2.75, 3.05) is 41.4 Å². The zero-order chi connectivity index (χ0) is 24.0. The zero-order valence-corrected chi connectivity index (χ0v) is 19.6. The average molecular weight is 485 g/mol. The molecule has 2 saturated carbocycles. The van der Waals surface area contributed by atoms with Crippen LogP contribution in [0.1, 0.15) is 37.7 Å². The SMILES string of the molecule is O=C(C1CCC(OC2CC2(F)F)CC1)N1Cc2cccnc2Nc2ccc(N3CCOCC3)cc21. The number of nitrogens with one attached hydrogen (secondary N) is 1. The van der Waals surface area contributed by atoms with E-state index in [2.05, 4.69) is 27.3 Å². The molecule has 1 aromatic heterocycles. The van der Waals surface area contributed by atoms with Crippen molar-refractivity contribution < 1.29 is 23.0 Å². The highest BCUT2D eigenvalue weighted by Gasteiger charge is 2.59. The van der Waals surface area contributed by atoms with Crippen LogP contribution in [0.15, 0.2) is 36.5 Å². The van der Waals surface area contributed by atoms with Gasteiger partial charge in [-0.25, -0.2) is 13.8 Å². The number of hydrogen-bond acceptors (Lipinski definition) is 6. The van der Waals surface area contributed by atoms with Crippen LogP contribution < -0.4 is 15.1 Å². The first kappa shape index (κ1) is 22.7. The fraction of sp³-hybridized carbons (Fsp3) is 0.538. The summed E-state index contributed by atoms with van der Waals surface area (Å²) in [5.41, 5.74) is 3.71. The van der Waals surface area contributed by atoms with Crippen LogP contribution in [0, 0.1) is 5.92 Å². The van der Waals surface area contributed by atoms with Crippen LogP contribution in [-0.4, -0.2) is 55.3 Å². The maximum Gasteiger partial charge on any atom is 0.276 e. The van der Waals surface area contributed by atoms with Crippen molar-refractivity contribution in [2.24, 2.45) is 5.92 Å². The predicted octanol–water partition coefficient (Wildman–Crippen LogP) is 4.49. The van der Waals surface area contributed by atoms with Gasteiger partial charge in [0.05, 0.1) is 37.2 Å². The summed E-state index contributed by atoms with van der Waals surface area (Å²) in [6.45, 7) is 3.42. The van der Waals surface area contributed by atoms with Crippen LogP contribution in [0.4, 0.5) is 31.7 Å². The standard InChI is InChI=1S/C26H30F2N4O3/c27-26(28)15-23(26)35-20-6-3-17(4-7-20)25(33)32-16-18-2-1-9-29-24(18)30-21-8-5-19(14-22(21)32)31-10-12-34-13-11-31/h1-2,5,8-9,14,17,20,23H,3-4,6-7,10-13,15-16H2,(H,29,30). The lowest BCUT2D eigenvalue weighted by molar-refractivity contribution is -0.125. The Balaban J connectivity index is 1.24. The van der Waals surface area contributed by atoms with E-state index in [1.165, 1.54) is 0 Å². The van der Waals surface area contributed by atoms with E-state index in [0.717, 1.165) is 41.5 Å². The van der Waals surface area contributed by atoms with E-state index in [9.17, 15) is 13.6 Å². The smallest absolute Gasteiger partial charge is 0.276 e. The Hall–Kier alpha value is -2.78. The molecule has 2 aliphatic carbocycles. The first-order valence-corrected chi connectivity index (χ1v) is 12.5. The second-order valence-corrected chi connectivity index (χ2v) is 9.92. The molecule has 1 amide bonds. The lowest BCUT2D eigenvalue weighted by atomic mass is 9.86. The molecule has 0 spiro atoms. The second kappa shape index (κ2) is 9.02. The molecule has 1 atom stereocenters. The van der Waals surface area contributed by atoms with E-state index in [0.29, 0.717) is 45.4 Å². The lowest BCUT2D eigenvalue weighted by Crippen LogP contribution is -2.39. The molecule has 3 heterocycles. The van der Waals surface area contributed by atoms with Crippen LogP contribution in [0.3, 0.4) is 0 Å². The summed E-state index contributed by atoms with van der Waals surface area (Å²) in [6.07, 6.45) is 2.99. The third-order valence-corrected chi connectivity index (χ3v) is 7.54. The zero-order valence-electron chi connectivity index (χ0n) is 19.6. The Labute approximate surface area is 203 Å². The maximum atomic E-state index is 13.9. The molecule has 7 nitrogen and oxygen atoms in total. The van der Waals surface area contributed by atoms with E-state index >= 15 is 0 Å². The first-order chi connectivity index (χ1) is 17.0. The normalized spacial score (nSPS) is 27.3. The number of amides is 1. The topological polar surface area (TPSA) is 66.9 Å². The number of benzene rings is 1. The number of hydrogen-bond donors (Lipinski definition) is 1. The fourth-order valence-electron chi connectivity index (χ4n) is 5.36. The Kier molecular flexibility index (Phi) is 5.84. The van der Waals surface area contributed by atoms with Crippen LogP contribution in [-0.2, 0) is 20.8 Å². The van der Waals surface area contributed by atoms with Gasteiger partial charge in [-0.2, -0.15) is 0 Å². The maximum absolute atomic E-state index is 13.9. The van der Waals surface area contributed by atoms with Gasteiger partial charge in [-0.05, 0) is 49.9 Å². The third kappa shape index (κ3) is 4.59. The predicted molar refractivity (Wildman–Crippen MR) is 128 cm³/mol. The average Bonchev–Trinajstić information content (AvgIpc) is 3.53. The number of halogens is 2. The van der Waals surface area contributed by atoms with Crippen molar-refractivity contribution in [3.63, 3.8) is 0 Å². The van der Waals surface area contributed by atoms with Gasteiger partial charge in [-0.1, -0.05) is 6.07 Å². The Morgan fingerprint density at radius 3 is 2.66 bits per heavy atom. The lowest BCUT2D eigenvalue weighted by Gasteiger charge is -2.33. The van der Waals surface area contributed by atoms with E-state index in [-0.39, 0.29) is 24.3 Å². The van der Waals surface area contributed by atoms with Gasteiger partial charge in [0.2, 0.25) is 5.91 Å². The minimum Gasteiger partial charge on any atom is -0.378 e. The molecule has 35 heavy (non-hydrogen) atoms. The summed E-state index contributed by atoms with van der Waals surface area (Å²) in [5, 5.41) is 3.42. The summed E-state index contributed by atoms with van der Waals surface area (Å²) in [6, 6.07) is 10.1. The Morgan fingerprint density at radius 1 is 1.14 bits per heavy atom. The number of rotatable bonds is 4. The second-order valence-electron chi connectivity index (χ2n) is 9.92. The van der Waals surface area contributed by atoms with Gasteiger partial charge in [0.1, 0.15) is 11.9 Å². The number of nitrogens with zero attached hydrogens (tertiary/aromatic N) is 3. The van der Waals surface area contributed by atoms with Gasteiger partial charge in [0.25, 0.3) is 5.92 Å². The molecule has 0 bridgehead atoms. The monoisotopic (exact) mass is 484 g/mol.